The van der Waals surface area contributed by atoms with Crippen molar-refractivity contribution in [3.63, 3.8) is 0 Å². The summed E-state index contributed by atoms with van der Waals surface area (Å²) in [6.45, 7) is 6.08. The summed E-state index contributed by atoms with van der Waals surface area (Å²) in [6, 6.07) is 7.94. The fraction of sp³-hybridized carbons (Fsp3) is 0.625. The molecule has 0 unspecified atom stereocenters. The van der Waals surface area contributed by atoms with Crippen molar-refractivity contribution in [3.05, 3.63) is 29.8 Å². The van der Waals surface area contributed by atoms with E-state index in [-0.39, 0.29) is 5.92 Å². The number of rotatable bonds is 8. The Hall–Kier alpha value is -1.11. The van der Waals surface area contributed by atoms with E-state index in [4.69, 9.17) is 4.74 Å². The molecular weight excluding hydrogens is 300 g/mol. The highest BCUT2D eigenvalue weighted by molar-refractivity contribution is 7.87. The predicted octanol–water partition coefficient (Wildman–Crippen LogP) is 2.19. The van der Waals surface area contributed by atoms with Gasteiger partial charge in [0.05, 0.1) is 6.61 Å². The summed E-state index contributed by atoms with van der Waals surface area (Å²) in [5.41, 5.74) is 1.15. The molecular formula is C16H26N2O3S. The summed E-state index contributed by atoms with van der Waals surface area (Å²) >= 11 is 0. The van der Waals surface area contributed by atoms with Gasteiger partial charge in [0.15, 0.2) is 0 Å². The smallest absolute Gasteiger partial charge is 0.279 e. The lowest BCUT2D eigenvalue weighted by atomic mass is 9.97. The third kappa shape index (κ3) is 4.44. The third-order valence-electron chi connectivity index (χ3n) is 3.80. The van der Waals surface area contributed by atoms with Crippen molar-refractivity contribution < 1.29 is 13.2 Å². The Balaban J connectivity index is 1.92. The molecule has 1 aliphatic heterocycles. The van der Waals surface area contributed by atoms with Crippen LogP contribution in [0.25, 0.3) is 0 Å². The number of benzene rings is 1. The van der Waals surface area contributed by atoms with E-state index in [2.05, 4.69) is 4.72 Å². The molecule has 22 heavy (non-hydrogen) atoms. The lowest BCUT2D eigenvalue weighted by molar-refractivity contribution is 0.222. The number of hydrogen-bond donors (Lipinski definition) is 1. The van der Waals surface area contributed by atoms with Crippen LogP contribution in [0.2, 0.25) is 0 Å². The van der Waals surface area contributed by atoms with Crippen LogP contribution in [0, 0.1) is 5.92 Å². The Morgan fingerprint density at radius 1 is 1.23 bits per heavy atom. The molecule has 0 bridgehead atoms. The molecule has 1 N–H and O–H groups in total. The number of ether oxygens (including phenoxy) is 1. The molecule has 0 spiro atoms. The molecule has 0 saturated carbocycles. The lowest BCUT2D eigenvalue weighted by Gasteiger charge is -2.27. The third-order valence-corrected chi connectivity index (χ3v) is 5.37. The highest BCUT2D eigenvalue weighted by Gasteiger charge is 2.24. The Labute approximate surface area is 133 Å². The summed E-state index contributed by atoms with van der Waals surface area (Å²) in [4.78, 5) is 0. The largest absolute Gasteiger partial charge is 0.493 e. The van der Waals surface area contributed by atoms with Crippen molar-refractivity contribution in [2.75, 3.05) is 26.2 Å². The molecule has 1 aromatic carbocycles. The van der Waals surface area contributed by atoms with Crippen LogP contribution in [0.1, 0.15) is 32.3 Å². The maximum Gasteiger partial charge on any atom is 0.279 e. The standard InChI is InChI=1S/C16H26N2O3S/c1-3-9-18(10-4-2)22(19,20)17-12-14-11-15-7-5-6-8-16(15)21-13-14/h5-8,14,17H,3-4,9-13H2,1-2H3/t14-/m0/s1. The topological polar surface area (TPSA) is 58.6 Å². The highest BCUT2D eigenvalue weighted by atomic mass is 32.2. The minimum absolute atomic E-state index is 0.176. The van der Waals surface area contributed by atoms with E-state index in [1.54, 1.807) is 0 Å². The minimum Gasteiger partial charge on any atom is -0.493 e. The summed E-state index contributed by atoms with van der Waals surface area (Å²) < 4.78 is 34.7. The molecule has 5 nitrogen and oxygen atoms in total. The van der Waals surface area contributed by atoms with E-state index in [1.807, 2.05) is 38.1 Å². The molecule has 0 aliphatic carbocycles. The van der Waals surface area contributed by atoms with Gasteiger partial charge in [0.1, 0.15) is 5.75 Å². The molecule has 0 aromatic heterocycles. The Morgan fingerprint density at radius 3 is 2.59 bits per heavy atom. The van der Waals surface area contributed by atoms with E-state index >= 15 is 0 Å². The van der Waals surface area contributed by atoms with Crippen LogP contribution in [-0.2, 0) is 16.6 Å². The van der Waals surface area contributed by atoms with Gasteiger partial charge >= 0.3 is 0 Å². The zero-order valence-electron chi connectivity index (χ0n) is 13.4. The molecule has 124 valence electrons. The van der Waals surface area contributed by atoms with Crippen molar-refractivity contribution in [1.82, 2.24) is 9.03 Å². The van der Waals surface area contributed by atoms with Gasteiger partial charge in [0, 0.05) is 25.6 Å². The van der Waals surface area contributed by atoms with Gasteiger partial charge in [0.2, 0.25) is 0 Å². The first-order valence-electron chi connectivity index (χ1n) is 8.02. The van der Waals surface area contributed by atoms with Crippen LogP contribution < -0.4 is 9.46 Å². The quantitative estimate of drug-likeness (QED) is 0.797. The van der Waals surface area contributed by atoms with Gasteiger partial charge in [-0.05, 0) is 30.9 Å². The Bertz CT molecular complexity index is 569. The maximum atomic E-state index is 12.4. The zero-order valence-corrected chi connectivity index (χ0v) is 14.2. The Morgan fingerprint density at radius 2 is 1.91 bits per heavy atom. The Kier molecular flexibility index (Phi) is 6.23. The highest BCUT2D eigenvalue weighted by Crippen LogP contribution is 2.26. The maximum absolute atomic E-state index is 12.4. The number of hydrogen-bond acceptors (Lipinski definition) is 3. The molecule has 1 aromatic rings. The van der Waals surface area contributed by atoms with Crippen LogP contribution in [0.4, 0.5) is 0 Å². The van der Waals surface area contributed by atoms with Crippen LogP contribution in [0.15, 0.2) is 24.3 Å². The molecule has 0 radical (unpaired) electrons. The van der Waals surface area contributed by atoms with Crippen LogP contribution in [-0.4, -0.2) is 39.0 Å². The monoisotopic (exact) mass is 326 g/mol. The fourth-order valence-corrected chi connectivity index (χ4v) is 4.16. The second-order valence-electron chi connectivity index (χ2n) is 5.74. The average molecular weight is 326 g/mol. The number of fused-ring (bicyclic) bond motifs is 1. The molecule has 0 amide bonds. The van der Waals surface area contributed by atoms with E-state index in [0.29, 0.717) is 26.2 Å². The van der Waals surface area contributed by atoms with Crippen LogP contribution in [0.5, 0.6) is 5.75 Å². The molecule has 0 saturated heterocycles. The molecule has 6 heteroatoms. The zero-order chi connectivity index (χ0) is 16.0. The van der Waals surface area contributed by atoms with Crippen LogP contribution >= 0.6 is 0 Å². The first-order chi connectivity index (χ1) is 10.6. The van der Waals surface area contributed by atoms with Crippen LogP contribution in [0.3, 0.4) is 0 Å². The average Bonchev–Trinajstić information content (AvgIpc) is 2.52. The molecule has 1 aliphatic rings. The van der Waals surface area contributed by atoms with Gasteiger partial charge in [-0.2, -0.15) is 12.7 Å². The lowest BCUT2D eigenvalue weighted by Crippen LogP contribution is -2.44. The van der Waals surface area contributed by atoms with E-state index in [9.17, 15) is 8.42 Å². The van der Waals surface area contributed by atoms with Crippen molar-refractivity contribution in [2.45, 2.75) is 33.1 Å². The predicted molar refractivity (Wildman–Crippen MR) is 88.2 cm³/mol. The molecule has 0 fully saturated rings. The second kappa shape index (κ2) is 7.94. The first-order valence-corrected chi connectivity index (χ1v) is 9.46. The second-order valence-corrected chi connectivity index (χ2v) is 7.50. The molecule has 1 heterocycles. The first kappa shape index (κ1) is 17.2. The SMILES string of the molecule is CCCN(CCC)S(=O)(=O)NC[C@H]1COc2ccccc2C1. The minimum atomic E-state index is -3.40. The van der Waals surface area contributed by atoms with Gasteiger partial charge in [0.25, 0.3) is 10.2 Å². The summed E-state index contributed by atoms with van der Waals surface area (Å²) in [5, 5.41) is 0. The van der Waals surface area contributed by atoms with Crippen molar-refractivity contribution in [1.29, 1.82) is 0 Å². The van der Waals surface area contributed by atoms with E-state index in [0.717, 1.165) is 30.6 Å². The van der Waals surface area contributed by atoms with E-state index < -0.39 is 10.2 Å². The van der Waals surface area contributed by atoms with Gasteiger partial charge in [-0.1, -0.05) is 32.0 Å². The van der Waals surface area contributed by atoms with Crippen molar-refractivity contribution >= 4 is 10.2 Å². The van der Waals surface area contributed by atoms with Gasteiger partial charge in [-0.15, -0.1) is 0 Å². The molecule has 2 rings (SSSR count). The van der Waals surface area contributed by atoms with Crippen molar-refractivity contribution in [2.24, 2.45) is 5.92 Å². The summed E-state index contributed by atoms with van der Waals surface area (Å²) in [5.74, 6) is 1.09. The van der Waals surface area contributed by atoms with Gasteiger partial charge in [-0.3, -0.25) is 0 Å². The summed E-state index contributed by atoms with van der Waals surface area (Å²) in [7, 11) is -3.40. The number of nitrogens with one attached hydrogen (secondary N) is 1. The molecule has 1 atom stereocenters. The number of para-hydroxylation sites is 1. The van der Waals surface area contributed by atoms with Gasteiger partial charge in [-0.25, -0.2) is 4.72 Å². The normalized spacial score (nSPS) is 18.0. The summed E-state index contributed by atoms with van der Waals surface area (Å²) in [6.07, 6.45) is 2.49. The fourth-order valence-electron chi connectivity index (χ4n) is 2.69. The van der Waals surface area contributed by atoms with E-state index in [1.165, 1.54) is 4.31 Å². The van der Waals surface area contributed by atoms with Crippen molar-refractivity contribution in [3.8, 4) is 5.75 Å². The van der Waals surface area contributed by atoms with Gasteiger partial charge < -0.3 is 4.74 Å². The number of nitrogens with zero attached hydrogens (tertiary/aromatic N) is 1.